The molecule has 1 aromatic rings. The average Bonchev–Trinajstić information content (AvgIpc) is 2.82. The van der Waals surface area contributed by atoms with Crippen LogP contribution in [0.3, 0.4) is 0 Å². The summed E-state index contributed by atoms with van der Waals surface area (Å²) in [4.78, 5) is 10.1. The van der Waals surface area contributed by atoms with Crippen LogP contribution in [0.4, 0.5) is 4.39 Å². The smallest absolute Gasteiger partial charge is 0.335 e. The summed E-state index contributed by atoms with van der Waals surface area (Å²) in [7, 11) is -4.16. The second-order valence-electron chi connectivity index (χ2n) is 5.06. The second-order valence-corrected chi connectivity index (χ2v) is 6.80. The third-order valence-corrected chi connectivity index (χ3v) is 5.06. The molecule has 2 unspecified atom stereocenters. The fraction of sp³-hybridized carbons (Fsp3) is 0.462. The minimum absolute atomic E-state index is 0.000237. The first-order chi connectivity index (χ1) is 9.81. The third kappa shape index (κ3) is 3.58. The Balaban J connectivity index is 2.19. The van der Waals surface area contributed by atoms with Crippen LogP contribution >= 0.6 is 0 Å². The highest BCUT2D eigenvalue weighted by molar-refractivity contribution is 7.89. The Hall–Kier alpha value is -1.51. The molecule has 21 heavy (non-hydrogen) atoms. The number of aliphatic hydroxyl groups excluding tert-OH is 1. The zero-order chi connectivity index (χ0) is 15.6. The van der Waals surface area contributed by atoms with Crippen LogP contribution < -0.4 is 4.72 Å². The Kier molecular flexibility index (Phi) is 4.60. The number of nitrogens with one attached hydrogen (secondary N) is 1. The monoisotopic (exact) mass is 317 g/mol. The van der Waals surface area contributed by atoms with Crippen molar-refractivity contribution in [1.82, 2.24) is 4.72 Å². The number of aromatic carboxylic acids is 1. The van der Waals surface area contributed by atoms with Crippen LogP contribution in [0.25, 0.3) is 0 Å². The lowest BCUT2D eigenvalue weighted by Crippen LogP contribution is -2.33. The summed E-state index contributed by atoms with van der Waals surface area (Å²) in [6.07, 6.45) is 1.57. The van der Waals surface area contributed by atoms with Crippen LogP contribution in [-0.2, 0) is 10.0 Å². The highest BCUT2D eigenvalue weighted by atomic mass is 32.2. The molecule has 8 heteroatoms. The fourth-order valence-electron chi connectivity index (χ4n) is 2.39. The van der Waals surface area contributed by atoms with E-state index in [1.807, 2.05) is 0 Å². The van der Waals surface area contributed by atoms with Gasteiger partial charge < -0.3 is 10.2 Å². The number of carbonyl (C=O) groups is 1. The summed E-state index contributed by atoms with van der Waals surface area (Å²) in [5.41, 5.74) is -0.308. The normalized spacial score (nSPS) is 22.4. The third-order valence-electron chi connectivity index (χ3n) is 3.62. The van der Waals surface area contributed by atoms with E-state index in [1.54, 1.807) is 0 Å². The van der Waals surface area contributed by atoms with Gasteiger partial charge in [-0.15, -0.1) is 0 Å². The van der Waals surface area contributed by atoms with Gasteiger partial charge in [-0.25, -0.2) is 22.3 Å². The van der Waals surface area contributed by atoms with Crippen LogP contribution in [0, 0.1) is 11.7 Å². The van der Waals surface area contributed by atoms with Crippen molar-refractivity contribution in [1.29, 1.82) is 0 Å². The Bertz CT molecular complexity index is 646. The lowest BCUT2D eigenvalue weighted by atomic mass is 10.1. The average molecular weight is 317 g/mol. The van der Waals surface area contributed by atoms with Crippen molar-refractivity contribution in [3.8, 4) is 0 Å². The van der Waals surface area contributed by atoms with E-state index in [9.17, 15) is 22.7 Å². The Labute approximate surface area is 121 Å². The highest BCUT2D eigenvalue weighted by Crippen LogP contribution is 2.25. The summed E-state index contributed by atoms with van der Waals surface area (Å²) in [5.74, 6) is -2.55. The van der Waals surface area contributed by atoms with Crippen LogP contribution in [0.5, 0.6) is 0 Å². The molecular weight excluding hydrogens is 301 g/mol. The lowest BCUT2D eigenvalue weighted by molar-refractivity contribution is 0.0696. The number of hydrogen-bond donors (Lipinski definition) is 3. The van der Waals surface area contributed by atoms with Gasteiger partial charge in [-0.3, -0.25) is 0 Å². The first-order valence-electron chi connectivity index (χ1n) is 6.52. The molecule has 0 spiro atoms. The van der Waals surface area contributed by atoms with Gasteiger partial charge >= 0.3 is 5.97 Å². The maximum atomic E-state index is 13.6. The van der Waals surface area contributed by atoms with Gasteiger partial charge in [0, 0.05) is 6.54 Å². The van der Waals surface area contributed by atoms with E-state index < -0.39 is 32.8 Å². The van der Waals surface area contributed by atoms with Crippen molar-refractivity contribution < 1.29 is 27.8 Å². The molecule has 0 heterocycles. The number of benzene rings is 1. The molecule has 0 amide bonds. The van der Waals surface area contributed by atoms with Crippen molar-refractivity contribution in [3.05, 3.63) is 29.6 Å². The van der Waals surface area contributed by atoms with Gasteiger partial charge in [-0.2, -0.15) is 0 Å². The highest BCUT2D eigenvalue weighted by Gasteiger charge is 2.28. The molecule has 2 rings (SSSR count). The molecule has 3 N–H and O–H groups in total. The second kappa shape index (κ2) is 6.08. The van der Waals surface area contributed by atoms with Crippen molar-refractivity contribution in [2.45, 2.75) is 30.3 Å². The van der Waals surface area contributed by atoms with Gasteiger partial charge in [0.05, 0.1) is 11.7 Å². The standard InChI is InChI=1S/C13H16FNO5S/c14-10-5-4-8(13(17)18)6-12(10)21(19,20)15-7-9-2-1-3-11(9)16/h4-6,9,11,15-16H,1-3,7H2,(H,17,18). The van der Waals surface area contributed by atoms with E-state index in [2.05, 4.69) is 4.72 Å². The van der Waals surface area contributed by atoms with Crippen LogP contribution in [0.15, 0.2) is 23.1 Å². The topological polar surface area (TPSA) is 104 Å². The first-order valence-corrected chi connectivity index (χ1v) is 8.00. The SMILES string of the molecule is O=C(O)c1ccc(F)c(S(=O)(=O)NCC2CCCC2O)c1. The molecule has 1 aliphatic carbocycles. The molecule has 116 valence electrons. The molecule has 0 saturated heterocycles. The first kappa shape index (κ1) is 15.9. The van der Waals surface area contributed by atoms with E-state index >= 15 is 0 Å². The minimum Gasteiger partial charge on any atom is -0.478 e. The van der Waals surface area contributed by atoms with E-state index in [1.165, 1.54) is 0 Å². The van der Waals surface area contributed by atoms with Gasteiger partial charge in [-0.1, -0.05) is 6.42 Å². The molecular formula is C13H16FNO5S. The predicted octanol–water partition coefficient (Wildman–Crippen LogP) is 0.963. The molecule has 0 aromatic heterocycles. The van der Waals surface area contributed by atoms with E-state index in [-0.39, 0.29) is 18.0 Å². The van der Waals surface area contributed by atoms with E-state index in [4.69, 9.17) is 5.11 Å². The van der Waals surface area contributed by atoms with Crippen molar-refractivity contribution in [2.24, 2.45) is 5.92 Å². The summed E-state index contributed by atoms with van der Waals surface area (Å²) >= 11 is 0. The maximum Gasteiger partial charge on any atom is 0.335 e. The largest absolute Gasteiger partial charge is 0.478 e. The van der Waals surface area contributed by atoms with Gasteiger partial charge in [0.2, 0.25) is 10.0 Å². The summed E-state index contributed by atoms with van der Waals surface area (Å²) in [6.45, 7) is 0.000237. The predicted molar refractivity (Wildman–Crippen MR) is 71.9 cm³/mol. The zero-order valence-corrected chi connectivity index (χ0v) is 11.9. The summed E-state index contributed by atoms with van der Waals surface area (Å²) in [6, 6.07) is 2.59. The van der Waals surface area contributed by atoms with Gasteiger partial charge in [0.1, 0.15) is 10.7 Å². The number of carboxylic acids is 1. The quantitative estimate of drug-likeness (QED) is 0.750. The molecule has 1 aliphatic rings. The van der Waals surface area contributed by atoms with Crippen LogP contribution in [0.1, 0.15) is 29.6 Å². The lowest BCUT2D eigenvalue weighted by Gasteiger charge is -2.15. The molecule has 0 radical (unpaired) electrons. The van der Waals surface area contributed by atoms with Gasteiger partial charge in [0.25, 0.3) is 0 Å². The Morgan fingerprint density at radius 3 is 2.67 bits per heavy atom. The van der Waals surface area contributed by atoms with Crippen molar-refractivity contribution >= 4 is 16.0 Å². The summed E-state index contributed by atoms with van der Waals surface area (Å²) < 4.78 is 40.0. The van der Waals surface area contributed by atoms with E-state index in [0.717, 1.165) is 24.6 Å². The number of hydrogen-bond acceptors (Lipinski definition) is 4. The molecule has 2 atom stereocenters. The number of carboxylic acid groups (broad SMARTS) is 1. The molecule has 1 aromatic carbocycles. The minimum atomic E-state index is -4.16. The molecule has 6 nitrogen and oxygen atoms in total. The molecule has 1 saturated carbocycles. The zero-order valence-electron chi connectivity index (χ0n) is 11.1. The van der Waals surface area contributed by atoms with Crippen LogP contribution in [0.2, 0.25) is 0 Å². The van der Waals surface area contributed by atoms with Gasteiger partial charge in [-0.05, 0) is 37.0 Å². The number of rotatable bonds is 5. The molecule has 0 aliphatic heterocycles. The van der Waals surface area contributed by atoms with E-state index in [0.29, 0.717) is 12.8 Å². The number of sulfonamides is 1. The maximum absolute atomic E-state index is 13.6. The summed E-state index contributed by atoms with van der Waals surface area (Å²) in [5, 5.41) is 18.5. The number of aliphatic hydroxyl groups is 1. The fourth-order valence-corrected chi connectivity index (χ4v) is 3.59. The molecule has 0 bridgehead atoms. The van der Waals surface area contributed by atoms with Gasteiger partial charge in [0.15, 0.2) is 0 Å². The number of halogens is 1. The Morgan fingerprint density at radius 2 is 2.10 bits per heavy atom. The Morgan fingerprint density at radius 1 is 1.38 bits per heavy atom. The van der Waals surface area contributed by atoms with Crippen LogP contribution in [-0.4, -0.2) is 37.2 Å². The molecule has 1 fully saturated rings. The van der Waals surface area contributed by atoms with Crippen molar-refractivity contribution in [2.75, 3.05) is 6.54 Å². The van der Waals surface area contributed by atoms with Crippen molar-refractivity contribution in [3.63, 3.8) is 0 Å².